The first kappa shape index (κ1) is 39.7. The predicted octanol–water partition coefficient (Wildman–Crippen LogP) is 6.08. The van der Waals surface area contributed by atoms with Crippen molar-refractivity contribution >= 4 is 56.9 Å². The Bertz CT molecular complexity index is 1660. The second-order valence-electron chi connectivity index (χ2n) is 14.1. The number of aliphatic hydroxyl groups excluding tert-OH is 1. The maximum Gasteiger partial charge on any atom is 0.313 e. The predicted molar refractivity (Wildman–Crippen MR) is 204 cm³/mol. The van der Waals surface area contributed by atoms with Gasteiger partial charge in [0.1, 0.15) is 17.7 Å². The number of allylic oxidation sites excluding steroid dienone is 1. The zero-order valence-electron chi connectivity index (χ0n) is 30.2. The number of rotatable bonds is 16. The van der Waals surface area contributed by atoms with Crippen molar-refractivity contribution < 1.29 is 33.8 Å². The highest BCUT2D eigenvalue weighted by atomic mass is 79.9. The minimum atomic E-state index is -1.42. The summed E-state index contributed by atoms with van der Waals surface area (Å²) in [5.74, 6) is -4.11. The van der Waals surface area contributed by atoms with E-state index in [0.717, 1.165) is 5.56 Å². The Morgan fingerprint density at radius 2 is 1.88 bits per heavy atom. The third-order valence-corrected chi connectivity index (χ3v) is 12.1. The van der Waals surface area contributed by atoms with Gasteiger partial charge in [0, 0.05) is 17.8 Å². The summed E-state index contributed by atoms with van der Waals surface area (Å²) in [6, 6.07) is 11.9. The molecule has 3 saturated heterocycles. The number of amides is 3. The van der Waals surface area contributed by atoms with Crippen LogP contribution in [0.5, 0.6) is 0 Å². The Morgan fingerprint density at radius 3 is 2.50 bits per heavy atom. The van der Waals surface area contributed by atoms with Crippen molar-refractivity contribution in [2.75, 3.05) is 18.1 Å². The van der Waals surface area contributed by atoms with E-state index in [1.54, 1.807) is 31.2 Å². The summed E-state index contributed by atoms with van der Waals surface area (Å²) in [4.78, 5) is 60.0. The van der Waals surface area contributed by atoms with Crippen molar-refractivity contribution in [3.05, 3.63) is 90.0 Å². The molecule has 280 valence electrons. The molecular formula is C40H49BrClN3O7. The van der Waals surface area contributed by atoms with Crippen LogP contribution in [0.3, 0.4) is 0 Å². The van der Waals surface area contributed by atoms with E-state index >= 15 is 4.79 Å². The number of carbonyl (C=O) groups is 4. The lowest BCUT2D eigenvalue weighted by molar-refractivity contribution is -0.162. The molecule has 3 amide bonds. The molecule has 3 aliphatic heterocycles. The number of alkyl halides is 1. The summed E-state index contributed by atoms with van der Waals surface area (Å²) in [6.07, 6.45) is 3.22. The SMILES string of the molecule is C=CCCC(=O)N[C@H](C)[C@@H](OC(=O)[C@H]1[C@@H]2O[C@@]3(CC2Br)[C@@H]1C(=O)N([C@@H](CO)[C@@H](C)CC)[C@@H]3C(=O)N(CC=C)c1c(C)cccc1Cl)c1ccccc1. The van der Waals surface area contributed by atoms with Gasteiger partial charge in [0.05, 0.1) is 47.3 Å². The highest BCUT2D eigenvalue weighted by Crippen LogP contribution is 2.61. The Hall–Kier alpha value is -3.51. The summed E-state index contributed by atoms with van der Waals surface area (Å²) in [5, 5.41) is 14.1. The summed E-state index contributed by atoms with van der Waals surface area (Å²) < 4.78 is 13.1. The number of nitrogens with zero attached hydrogens (tertiary/aromatic N) is 2. The molecule has 3 fully saturated rings. The van der Waals surface area contributed by atoms with Gasteiger partial charge < -0.3 is 29.7 Å². The van der Waals surface area contributed by atoms with Crippen LogP contribution in [0.4, 0.5) is 5.69 Å². The number of likely N-dealkylation sites (tertiary alicyclic amines) is 1. The summed E-state index contributed by atoms with van der Waals surface area (Å²) in [5.41, 5.74) is 0.488. The molecule has 2 bridgehead atoms. The number of esters is 1. The second-order valence-corrected chi connectivity index (χ2v) is 15.7. The molecule has 0 radical (unpaired) electrons. The molecule has 1 spiro atoms. The van der Waals surface area contributed by atoms with Crippen LogP contribution < -0.4 is 10.2 Å². The third kappa shape index (κ3) is 7.21. The first-order valence-corrected chi connectivity index (χ1v) is 19.2. The number of aliphatic hydroxyl groups is 1. The molecule has 5 rings (SSSR count). The van der Waals surface area contributed by atoms with Crippen LogP contribution in [0, 0.1) is 24.7 Å². The lowest BCUT2D eigenvalue weighted by Crippen LogP contribution is -2.60. The van der Waals surface area contributed by atoms with E-state index in [4.69, 9.17) is 21.1 Å². The van der Waals surface area contributed by atoms with E-state index in [-0.39, 0.29) is 36.0 Å². The Morgan fingerprint density at radius 1 is 1.17 bits per heavy atom. The molecule has 12 heteroatoms. The number of nitrogens with one attached hydrogen (secondary N) is 1. The van der Waals surface area contributed by atoms with Gasteiger partial charge in [-0.15, -0.1) is 13.2 Å². The van der Waals surface area contributed by atoms with Crippen molar-refractivity contribution in [3.63, 3.8) is 0 Å². The van der Waals surface area contributed by atoms with E-state index in [0.29, 0.717) is 29.1 Å². The molecule has 3 heterocycles. The average molecular weight is 799 g/mol. The normalized spacial score (nSPS) is 26.9. The fourth-order valence-corrected chi connectivity index (χ4v) is 9.53. The van der Waals surface area contributed by atoms with Gasteiger partial charge in [-0.05, 0) is 49.8 Å². The van der Waals surface area contributed by atoms with E-state index < -0.39 is 72.2 Å². The number of carbonyl (C=O) groups excluding carboxylic acids is 4. The summed E-state index contributed by atoms with van der Waals surface area (Å²) >= 11 is 10.5. The number of aryl methyl sites for hydroxylation is 1. The number of para-hydroxylation sites is 1. The van der Waals surface area contributed by atoms with Gasteiger partial charge in [0.2, 0.25) is 11.8 Å². The second kappa shape index (κ2) is 16.7. The number of fused-ring (bicyclic) bond motifs is 1. The highest BCUT2D eigenvalue weighted by Gasteiger charge is 2.78. The molecule has 10 atom stereocenters. The zero-order chi connectivity index (χ0) is 37.9. The van der Waals surface area contributed by atoms with E-state index in [2.05, 4.69) is 34.4 Å². The number of halogens is 2. The highest BCUT2D eigenvalue weighted by molar-refractivity contribution is 9.09. The van der Waals surface area contributed by atoms with Gasteiger partial charge in [0.15, 0.2) is 0 Å². The van der Waals surface area contributed by atoms with Crippen LogP contribution >= 0.6 is 27.5 Å². The van der Waals surface area contributed by atoms with Crippen molar-refractivity contribution in [1.82, 2.24) is 10.2 Å². The minimum Gasteiger partial charge on any atom is -0.455 e. The van der Waals surface area contributed by atoms with Crippen molar-refractivity contribution in [3.8, 4) is 0 Å². The molecule has 3 aliphatic rings. The maximum absolute atomic E-state index is 15.2. The quantitative estimate of drug-likeness (QED) is 0.120. The number of benzene rings is 2. The molecule has 1 unspecified atom stereocenters. The van der Waals surface area contributed by atoms with Gasteiger partial charge in [-0.1, -0.05) is 102 Å². The van der Waals surface area contributed by atoms with Crippen LogP contribution in [0.15, 0.2) is 73.8 Å². The van der Waals surface area contributed by atoms with Gasteiger partial charge in [-0.25, -0.2) is 0 Å². The topological polar surface area (TPSA) is 125 Å². The average Bonchev–Trinajstić information content (AvgIpc) is 3.72. The van der Waals surface area contributed by atoms with E-state index in [1.807, 2.05) is 57.2 Å². The van der Waals surface area contributed by atoms with Gasteiger partial charge in [-0.3, -0.25) is 19.2 Å². The number of hydrogen-bond donors (Lipinski definition) is 2. The van der Waals surface area contributed by atoms with Gasteiger partial charge in [-0.2, -0.15) is 0 Å². The lowest BCUT2D eigenvalue weighted by atomic mass is 9.70. The Balaban J connectivity index is 1.58. The first-order valence-electron chi connectivity index (χ1n) is 17.9. The molecule has 52 heavy (non-hydrogen) atoms. The fourth-order valence-electron chi connectivity index (χ4n) is 8.26. The molecule has 10 nitrogen and oxygen atoms in total. The first-order chi connectivity index (χ1) is 24.9. The molecule has 2 aromatic carbocycles. The van der Waals surface area contributed by atoms with E-state index in [9.17, 15) is 19.5 Å². The summed E-state index contributed by atoms with van der Waals surface area (Å²) in [7, 11) is 0. The van der Waals surface area contributed by atoms with Crippen molar-refractivity contribution in [2.24, 2.45) is 17.8 Å². The zero-order valence-corrected chi connectivity index (χ0v) is 32.5. The molecule has 0 aromatic heterocycles. The fraction of sp³-hybridized carbons (Fsp3) is 0.500. The molecule has 0 aliphatic carbocycles. The van der Waals surface area contributed by atoms with Gasteiger partial charge >= 0.3 is 5.97 Å². The van der Waals surface area contributed by atoms with Crippen LogP contribution in [-0.4, -0.2) is 81.5 Å². The number of ether oxygens (including phenoxy) is 2. The maximum atomic E-state index is 15.2. The smallest absolute Gasteiger partial charge is 0.313 e. The van der Waals surface area contributed by atoms with Crippen molar-refractivity contribution in [1.29, 1.82) is 0 Å². The Labute approximate surface area is 319 Å². The monoisotopic (exact) mass is 797 g/mol. The third-order valence-electron chi connectivity index (χ3n) is 10.9. The standard InChI is InChI=1S/C40H49BrClN3O7/c1-7-10-19-30(47)43-25(6)34(26-16-12-11-13-17-26)51-39(50)31-32-37(48)45(29(22-46)23(4)9-3)36(40(32)21-27(41)35(31)52-40)38(49)44(20-8-2)33-24(5)15-14-18-28(33)42/h7-8,11-18,23,25,27,29,31-32,34-36,46H,1-2,9-10,19-22H2,3-6H3,(H,43,47)/t23-,25+,27?,29-,31+,32-,34+,35+,36+,40-/m0/s1. The summed E-state index contributed by atoms with van der Waals surface area (Å²) in [6.45, 7) is 14.8. The minimum absolute atomic E-state index is 0.0949. The van der Waals surface area contributed by atoms with Gasteiger partial charge in [0.25, 0.3) is 5.91 Å². The molecule has 0 saturated carbocycles. The van der Waals surface area contributed by atoms with Crippen LogP contribution in [0.2, 0.25) is 5.02 Å². The molecule has 2 N–H and O–H groups in total. The largest absolute Gasteiger partial charge is 0.455 e. The van der Waals surface area contributed by atoms with Crippen LogP contribution in [-0.2, 0) is 28.7 Å². The lowest BCUT2D eigenvalue weighted by Gasteiger charge is -2.41. The molecule has 2 aromatic rings. The van der Waals surface area contributed by atoms with Crippen molar-refractivity contribution in [2.45, 2.75) is 94.1 Å². The molecular weight excluding hydrogens is 750 g/mol. The van der Waals surface area contributed by atoms with Crippen LogP contribution in [0.25, 0.3) is 0 Å². The number of hydrogen-bond acceptors (Lipinski definition) is 7. The van der Waals surface area contributed by atoms with E-state index in [1.165, 1.54) is 9.80 Å². The van der Waals surface area contributed by atoms with Crippen LogP contribution in [0.1, 0.15) is 63.7 Å². The Kier molecular flexibility index (Phi) is 12.7. The number of anilines is 1.